The van der Waals surface area contributed by atoms with Gasteiger partial charge >= 0.3 is 0 Å². The SMILES string of the molecule is Cc1cccc(C)c1OCCN1CCC(C(C)O)CC1. The lowest BCUT2D eigenvalue weighted by molar-refractivity contribution is 0.0671. The van der Waals surface area contributed by atoms with Crippen LogP contribution in [-0.4, -0.2) is 42.4 Å². The number of aliphatic hydroxyl groups excluding tert-OH is 1. The molecule has 3 heteroatoms. The molecule has 1 unspecified atom stereocenters. The number of benzene rings is 1. The van der Waals surface area contributed by atoms with Crippen LogP contribution in [0.5, 0.6) is 5.75 Å². The summed E-state index contributed by atoms with van der Waals surface area (Å²) in [7, 11) is 0. The molecule has 20 heavy (non-hydrogen) atoms. The molecule has 0 aliphatic carbocycles. The van der Waals surface area contributed by atoms with Crippen LogP contribution in [0.25, 0.3) is 0 Å². The maximum absolute atomic E-state index is 9.61. The highest BCUT2D eigenvalue weighted by Crippen LogP contribution is 2.23. The lowest BCUT2D eigenvalue weighted by Crippen LogP contribution is -2.39. The van der Waals surface area contributed by atoms with Crippen molar-refractivity contribution in [1.29, 1.82) is 0 Å². The molecule has 0 aromatic heterocycles. The number of nitrogens with zero attached hydrogens (tertiary/aromatic N) is 1. The van der Waals surface area contributed by atoms with Crippen LogP contribution in [0.1, 0.15) is 30.9 Å². The van der Waals surface area contributed by atoms with Gasteiger partial charge in [0.1, 0.15) is 12.4 Å². The number of aliphatic hydroxyl groups is 1. The second-order valence-electron chi connectivity index (χ2n) is 5.99. The number of piperidine rings is 1. The lowest BCUT2D eigenvalue weighted by atomic mass is 9.92. The summed E-state index contributed by atoms with van der Waals surface area (Å²) >= 11 is 0. The van der Waals surface area contributed by atoms with Crippen molar-refractivity contribution in [3.63, 3.8) is 0 Å². The first-order valence-corrected chi connectivity index (χ1v) is 7.67. The number of rotatable bonds is 5. The number of para-hydroxylation sites is 1. The molecule has 1 atom stereocenters. The Kier molecular flexibility index (Phi) is 5.44. The molecular formula is C17H27NO2. The van der Waals surface area contributed by atoms with Crippen LogP contribution in [0.2, 0.25) is 0 Å². The van der Waals surface area contributed by atoms with Crippen LogP contribution in [0.4, 0.5) is 0 Å². The van der Waals surface area contributed by atoms with Crippen molar-refractivity contribution < 1.29 is 9.84 Å². The molecule has 0 saturated carbocycles. The van der Waals surface area contributed by atoms with Gasteiger partial charge in [0.25, 0.3) is 0 Å². The summed E-state index contributed by atoms with van der Waals surface area (Å²) in [5.74, 6) is 1.51. The molecule has 1 aromatic rings. The first-order valence-electron chi connectivity index (χ1n) is 7.67. The fourth-order valence-electron chi connectivity index (χ4n) is 2.96. The Morgan fingerprint density at radius 3 is 2.40 bits per heavy atom. The van der Waals surface area contributed by atoms with Gasteiger partial charge in [0.05, 0.1) is 6.10 Å². The van der Waals surface area contributed by atoms with Crippen LogP contribution in [-0.2, 0) is 0 Å². The third kappa shape index (κ3) is 3.97. The van der Waals surface area contributed by atoms with E-state index in [-0.39, 0.29) is 6.10 Å². The monoisotopic (exact) mass is 277 g/mol. The molecule has 1 aliphatic rings. The third-order valence-corrected chi connectivity index (χ3v) is 4.38. The quantitative estimate of drug-likeness (QED) is 0.898. The summed E-state index contributed by atoms with van der Waals surface area (Å²) in [4.78, 5) is 2.44. The molecule has 3 nitrogen and oxygen atoms in total. The van der Waals surface area contributed by atoms with E-state index >= 15 is 0 Å². The highest BCUT2D eigenvalue weighted by atomic mass is 16.5. The molecule has 0 bridgehead atoms. The lowest BCUT2D eigenvalue weighted by Gasteiger charge is -2.33. The Balaban J connectivity index is 1.74. The topological polar surface area (TPSA) is 32.7 Å². The minimum atomic E-state index is -0.164. The fourth-order valence-corrected chi connectivity index (χ4v) is 2.96. The van der Waals surface area contributed by atoms with Crippen molar-refractivity contribution in [2.45, 2.75) is 39.7 Å². The van der Waals surface area contributed by atoms with Gasteiger partial charge in [-0.2, -0.15) is 0 Å². The smallest absolute Gasteiger partial charge is 0.125 e. The van der Waals surface area contributed by atoms with E-state index in [0.29, 0.717) is 5.92 Å². The van der Waals surface area contributed by atoms with Crippen LogP contribution >= 0.6 is 0 Å². The van der Waals surface area contributed by atoms with Crippen molar-refractivity contribution in [2.24, 2.45) is 5.92 Å². The van der Waals surface area contributed by atoms with E-state index in [1.54, 1.807) is 0 Å². The van der Waals surface area contributed by atoms with Gasteiger partial charge in [-0.25, -0.2) is 0 Å². The molecule has 2 rings (SSSR count). The van der Waals surface area contributed by atoms with Crippen LogP contribution in [0.15, 0.2) is 18.2 Å². The van der Waals surface area contributed by atoms with Gasteiger partial charge < -0.3 is 9.84 Å². The number of hydrogen-bond donors (Lipinski definition) is 1. The van der Waals surface area contributed by atoms with Gasteiger partial charge in [-0.05, 0) is 63.7 Å². The Morgan fingerprint density at radius 2 is 1.85 bits per heavy atom. The van der Waals surface area contributed by atoms with Gasteiger partial charge in [-0.15, -0.1) is 0 Å². The molecule has 1 aromatic carbocycles. The largest absolute Gasteiger partial charge is 0.492 e. The molecule has 0 amide bonds. The van der Waals surface area contributed by atoms with Gasteiger partial charge in [0.15, 0.2) is 0 Å². The zero-order valence-electron chi connectivity index (χ0n) is 12.9. The highest BCUT2D eigenvalue weighted by Gasteiger charge is 2.22. The Labute approximate surface area is 122 Å². The number of aryl methyl sites for hydroxylation is 2. The minimum Gasteiger partial charge on any atom is -0.492 e. The zero-order valence-corrected chi connectivity index (χ0v) is 12.9. The van der Waals surface area contributed by atoms with Crippen molar-refractivity contribution in [3.05, 3.63) is 29.3 Å². The molecule has 112 valence electrons. The molecule has 1 fully saturated rings. The Morgan fingerprint density at radius 1 is 1.25 bits per heavy atom. The summed E-state index contributed by atoms with van der Waals surface area (Å²) in [6.45, 7) is 9.96. The first kappa shape index (κ1) is 15.3. The molecular weight excluding hydrogens is 250 g/mol. The standard InChI is InChI=1S/C17H27NO2/c1-13-5-4-6-14(2)17(13)20-12-11-18-9-7-16(8-10-18)15(3)19/h4-6,15-16,19H,7-12H2,1-3H3. The summed E-state index contributed by atoms with van der Waals surface area (Å²) in [5, 5.41) is 9.61. The summed E-state index contributed by atoms with van der Waals surface area (Å²) in [5.41, 5.74) is 2.41. The first-order chi connectivity index (χ1) is 9.58. The number of hydrogen-bond acceptors (Lipinski definition) is 3. The van der Waals surface area contributed by atoms with Gasteiger partial charge in [0, 0.05) is 6.54 Å². The molecule has 0 radical (unpaired) electrons. The average Bonchev–Trinajstić information content (AvgIpc) is 2.42. The molecule has 1 heterocycles. The predicted octanol–water partition coefficient (Wildman–Crippen LogP) is 2.78. The van der Waals surface area contributed by atoms with Crippen LogP contribution < -0.4 is 4.74 Å². The summed E-state index contributed by atoms with van der Waals surface area (Å²) in [6.07, 6.45) is 2.03. The number of likely N-dealkylation sites (tertiary alicyclic amines) is 1. The van der Waals surface area contributed by atoms with E-state index in [1.807, 2.05) is 6.92 Å². The van der Waals surface area contributed by atoms with Crippen molar-refractivity contribution in [3.8, 4) is 5.75 Å². The zero-order chi connectivity index (χ0) is 14.5. The second kappa shape index (κ2) is 7.09. The maximum atomic E-state index is 9.61. The van der Waals surface area contributed by atoms with Crippen molar-refractivity contribution in [2.75, 3.05) is 26.2 Å². The average molecular weight is 277 g/mol. The molecule has 1 aliphatic heterocycles. The normalized spacial score (nSPS) is 19.0. The predicted molar refractivity (Wildman–Crippen MR) is 82.3 cm³/mol. The molecule has 0 spiro atoms. The molecule has 1 saturated heterocycles. The Bertz CT molecular complexity index is 403. The second-order valence-corrected chi connectivity index (χ2v) is 5.99. The minimum absolute atomic E-state index is 0.164. The van der Waals surface area contributed by atoms with Gasteiger partial charge in [-0.1, -0.05) is 18.2 Å². The van der Waals surface area contributed by atoms with E-state index in [4.69, 9.17) is 4.74 Å². The van der Waals surface area contributed by atoms with E-state index in [9.17, 15) is 5.11 Å². The number of ether oxygens (including phenoxy) is 1. The summed E-state index contributed by atoms with van der Waals surface area (Å²) < 4.78 is 5.95. The maximum Gasteiger partial charge on any atom is 0.125 e. The highest BCUT2D eigenvalue weighted by molar-refractivity contribution is 5.39. The summed E-state index contributed by atoms with van der Waals surface area (Å²) in [6, 6.07) is 6.26. The van der Waals surface area contributed by atoms with Gasteiger partial charge in [0.2, 0.25) is 0 Å². The molecule has 1 N–H and O–H groups in total. The van der Waals surface area contributed by atoms with E-state index in [0.717, 1.165) is 44.8 Å². The van der Waals surface area contributed by atoms with E-state index in [2.05, 4.69) is 36.9 Å². The third-order valence-electron chi connectivity index (χ3n) is 4.38. The Hall–Kier alpha value is -1.06. The van der Waals surface area contributed by atoms with Gasteiger partial charge in [-0.3, -0.25) is 4.90 Å². The fraction of sp³-hybridized carbons (Fsp3) is 0.647. The van der Waals surface area contributed by atoms with Crippen LogP contribution in [0.3, 0.4) is 0 Å². The van der Waals surface area contributed by atoms with Crippen molar-refractivity contribution >= 4 is 0 Å². The van der Waals surface area contributed by atoms with Crippen LogP contribution in [0, 0.1) is 19.8 Å². The van der Waals surface area contributed by atoms with Crippen molar-refractivity contribution in [1.82, 2.24) is 4.90 Å². The van der Waals surface area contributed by atoms with E-state index < -0.39 is 0 Å². The van der Waals surface area contributed by atoms with E-state index in [1.165, 1.54) is 11.1 Å².